The first kappa shape index (κ1) is 28.4. The Kier molecular flexibility index (Phi) is 8.20. The molecule has 2 amide bonds. The molecule has 4 nitrogen and oxygen atoms in total. The number of carbonyl (C=O) groups is 2. The van der Waals surface area contributed by atoms with Crippen molar-refractivity contribution >= 4 is 46.4 Å². The zero-order chi connectivity index (χ0) is 28.5. The molecule has 0 saturated heterocycles. The van der Waals surface area contributed by atoms with Crippen molar-refractivity contribution < 1.29 is 9.59 Å². The predicted octanol–water partition coefficient (Wildman–Crippen LogP) is 9.06. The highest BCUT2D eigenvalue weighted by atomic mass is 35.5. The summed E-state index contributed by atoms with van der Waals surface area (Å²) in [6.07, 6.45) is 0. The van der Waals surface area contributed by atoms with Crippen LogP contribution in [0.4, 0.5) is 11.4 Å². The highest BCUT2D eigenvalue weighted by Gasteiger charge is 2.31. The Labute approximate surface area is 240 Å². The lowest BCUT2D eigenvalue weighted by molar-refractivity contribution is 0.101. The average Bonchev–Trinajstić information content (AvgIpc) is 2.93. The minimum Gasteiger partial charge on any atom is -0.320 e. The summed E-state index contributed by atoms with van der Waals surface area (Å²) in [7, 11) is 0. The van der Waals surface area contributed by atoms with Crippen LogP contribution in [0.1, 0.15) is 67.9 Å². The monoisotopic (exact) mass is 558 g/mol. The number of anilines is 2. The number of halogens is 2. The van der Waals surface area contributed by atoms with E-state index in [1.54, 1.807) is 24.3 Å². The molecular weight excluding hydrogens is 527 g/mol. The van der Waals surface area contributed by atoms with Crippen LogP contribution in [-0.2, 0) is 5.41 Å². The third-order valence-corrected chi connectivity index (χ3v) is 8.26. The van der Waals surface area contributed by atoms with E-state index in [1.807, 2.05) is 64.1 Å². The largest absolute Gasteiger partial charge is 0.320 e. The van der Waals surface area contributed by atoms with Crippen LogP contribution in [0, 0.1) is 27.7 Å². The smallest absolute Gasteiger partial charge is 0.255 e. The SMILES string of the molecule is Cc1cc(C(C)(C)c2cc(C)c(NC(=O)c3ccccc3)c(Cl)c2C)c(C)c(Cl)c1NC(=O)c1ccccc1. The van der Waals surface area contributed by atoms with Gasteiger partial charge < -0.3 is 10.6 Å². The highest BCUT2D eigenvalue weighted by molar-refractivity contribution is 6.35. The molecular formula is C33H32Cl2N2O2. The number of benzene rings is 4. The molecule has 0 aromatic heterocycles. The van der Waals surface area contributed by atoms with Gasteiger partial charge in [0.25, 0.3) is 11.8 Å². The molecule has 0 heterocycles. The van der Waals surface area contributed by atoms with Crippen LogP contribution < -0.4 is 10.6 Å². The first-order valence-electron chi connectivity index (χ1n) is 12.8. The Morgan fingerprint density at radius 2 is 0.949 bits per heavy atom. The lowest BCUT2D eigenvalue weighted by Gasteiger charge is -2.32. The van der Waals surface area contributed by atoms with Gasteiger partial charge in [0.2, 0.25) is 0 Å². The fraction of sp³-hybridized carbons (Fsp3) is 0.212. The van der Waals surface area contributed by atoms with E-state index in [-0.39, 0.29) is 11.8 Å². The number of hydrogen-bond donors (Lipinski definition) is 2. The molecule has 39 heavy (non-hydrogen) atoms. The van der Waals surface area contributed by atoms with Crippen molar-refractivity contribution in [1.29, 1.82) is 0 Å². The summed E-state index contributed by atoms with van der Waals surface area (Å²) in [6.45, 7) is 12.1. The summed E-state index contributed by atoms with van der Waals surface area (Å²) in [5, 5.41) is 7.00. The van der Waals surface area contributed by atoms with Crippen molar-refractivity contribution in [2.75, 3.05) is 10.6 Å². The number of hydrogen-bond acceptors (Lipinski definition) is 2. The predicted molar refractivity (Wildman–Crippen MR) is 163 cm³/mol. The highest BCUT2D eigenvalue weighted by Crippen LogP contribution is 2.44. The van der Waals surface area contributed by atoms with Gasteiger partial charge in [-0.15, -0.1) is 0 Å². The first-order chi connectivity index (χ1) is 18.4. The van der Waals surface area contributed by atoms with E-state index < -0.39 is 5.41 Å². The Morgan fingerprint density at radius 1 is 0.615 bits per heavy atom. The molecule has 2 N–H and O–H groups in total. The topological polar surface area (TPSA) is 58.2 Å². The van der Waals surface area contributed by atoms with Gasteiger partial charge in [0.1, 0.15) is 0 Å². The molecule has 4 aromatic rings. The Balaban J connectivity index is 1.71. The molecule has 4 aromatic carbocycles. The summed E-state index contributed by atoms with van der Waals surface area (Å²) in [5.74, 6) is -0.420. The number of carbonyl (C=O) groups excluding carboxylic acids is 2. The molecule has 6 heteroatoms. The third-order valence-electron chi connectivity index (χ3n) is 7.31. The fourth-order valence-corrected chi connectivity index (χ4v) is 5.65. The minimum atomic E-state index is -0.471. The molecule has 0 aliphatic heterocycles. The first-order valence-corrected chi connectivity index (χ1v) is 13.5. The van der Waals surface area contributed by atoms with Gasteiger partial charge in [-0.05, 0) is 85.3 Å². The number of rotatable bonds is 6. The molecule has 0 fully saturated rings. The van der Waals surface area contributed by atoms with E-state index in [2.05, 4.69) is 36.6 Å². The minimum absolute atomic E-state index is 0.210. The molecule has 0 atom stereocenters. The van der Waals surface area contributed by atoms with E-state index in [9.17, 15) is 9.59 Å². The molecule has 200 valence electrons. The number of nitrogens with one attached hydrogen (secondary N) is 2. The Morgan fingerprint density at radius 3 is 1.28 bits per heavy atom. The van der Waals surface area contributed by atoms with E-state index in [0.717, 1.165) is 33.4 Å². The van der Waals surface area contributed by atoms with Gasteiger partial charge in [0.15, 0.2) is 0 Å². The van der Waals surface area contributed by atoms with Gasteiger partial charge >= 0.3 is 0 Å². The van der Waals surface area contributed by atoms with Crippen LogP contribution in [0.25, 0.3) is 0 Å². The summed E-state index contributed by atoms with van der Waals surface area (Å²) in [5.41, 5.74) is 7.42. The van der Waals surface area contributed by atoms with Crippen LogP contribution in [-0.4, -0.2) is 11.8 Å². The summed E-state index contributed by atoms with van der Waals surface area (Å²) in [6, 6.07) is 22.3. The van der Waals surface area contributed by atoms with Crippen molar-refractivity contribution in [3.8, 4) is 0 Å². The molecule has 0 aliphatic carbocycles. The molecule has 0 bridgehead atoms. The maximum atomic E-state index is 12.8. The molecule has 0 aliphatic rings. The van der Waals surface area contributed by atoms with Crippen LogP contribution >= 0.6 is 23.2 Å². The fourth-order valence-electron chi connectivity index (χ4n) is 5.05. The lowest BCUT2D eigenvalue weighted by Crippen LogP contribution is -2.24. The van der Waals surface area contributed by atoms with Crippen molar-refractivity contribution in [2.45, 2.75) is 47.0 Å². The second-order valence-corrected chi connectivity index (χ2v) is 11.1. The maximum Gasteiger partial charge on any atom is 0.255 e. The van der Waals surface area contributed by atoms with Crippen molar-refractivity contribution in [3.05, 3.63) is 127 Å². The Bertz CT molecular complexity index is 1450. The van der Waals surface area contributed by atoms with Crippen molar-refractivity contribution in [1.82, 2.24) is 0 Å². The van der Waals surface area contributed by atoms with Gasteiger partial charge in [0, 0.05) is 16.5 Å². The quantitative estimate of drug-likeness (QED) is 0.248. The lowest BCUT2D eigenvalue weighted by atomic mass is 9.73. The van der Waals surface area contributed by atoms with Gasteiger partial charge in [0.05, 0.1) is 21.4 Å². The van der Waals surface area contributed by atoms with E-state index in [0.29, 0.717) is 32.5 Å². The molecule has 0 spiro atoms. The van der Waals surface area contributed by atoms with Gasteiger partial charge in [-0.2, -0.15) is 0 Å². The van der Waals surface area contributed by atoms with Crippen LogP contribution in [0.5, 0.6) is 0 Å². The summed E-state index contributed by atoms with van der Waals surface area (Å²) >= 11 is 13.8. The normalized spacial score (nSPS) is 11.3. The van der Waals surface area contributed by atoms with Gasteiger partial charge in [-0.1, -0.05) is 85.6 Å². The van der Waals surface area contributed by atoms with E-state index in [1.165, 1.54) is 0 Å². The van der Waals surface area contributed by atoms with Gasteiger partial charge in [-0.3, -0.25) is 9.59 Å². The standard InChI is InChI=1S/C33H32Cl2N2O2/c1-19-17-25(21(3)27(34)29(19)36-31(38)23-13-9-7-10-14-23)33(5,6)26-18-20(2)30(28(35)22(26)4)37-32(39)24-15-11-8-12-16-24/h7-18H,1-6H3,(H,36,38)(H,37,39). The zero-order valence-electron chi connectivity index (χ0n) is 23.0. The van der Waals surface area contributed by atoms with E-state index >= 15 is 0 Å². The van der Waals surface area contributed by atoms with Crippen LogP contribution in [0.2, 0.25) is 10.0 Å². The van der Waals surface area contributed by atoms with Gasteiger partial charge in [-0.25, -0.2) is 0 Å². The van der Waals surface area contributed by atoms with Crippen molar-refractivity contribution in [2.24, 2.45) is 0 Å². The second-order valence-electron chi connectivity index (χ2n) is 10.4. The molecule has 0 radical (unpaired) electrons. The zero-order valence-corrected chi connectivity index (χ0v) is 24.5. The van der Waals surface area contributed by atoms with Crippen LogP contribution in [0.3, 0.4) is 0 Å². The number of aryl methyl sites for hydroxylation is 2. The van der Waals surface area contributed by atoms with Crippen molar-refractivity contribution in [3.63, 3.8) is 0 Å². The molecule has 0 saturated carbocycles. The van der Waals surface area contributed by atoms with Crippen LogP contribution in [0.15, 0.2) is 72.8 Å². The maximum absolute atomic E-state index is 12.8. The average molecular weight is 560 g/mol. The molecule has 4 rings (SSSR count). The van der Waals surface area contributed by atoms with E-state index in [4.69, 9.17) is 23.2 Å². The number of amides is 2. The summed E-state index contributed by atoms with van der Waals surface area (Å²) < 4.78 is 0. The Hall–Kier alpha value is -3.60. The second kappa shape index (κ2) is 11.3. The molecule has 0 unspecified atom stereocenters. The third kappa shape index (κ3) is 5.59. The summed E-state index contributed by atoms with van der Waals surface area (Å²) in [4.78, 5) is 25.7.